The molecule has 2 aliphatic heterocycles. The maximum absolute atomic E-state index is 14.2. The minimum absolute atomic E-state index is 0.0456. The SMILES string of the molecule is COCC1CN(c2ccc3cc(-c4nn5cc(C(=O)N6C[C@H](N)C[C@@H](F)C6)cc(OC)c5c4C)n(CC4CC4)c3c2)C1. The molecule has 1 saturated carbocycles. The number of nitrogens with zero attached hydrogens (tertiary/aromatic N) is 5. The Morgan fingerprint density at radius 1 is 1.10 bits per heavy atom. The van der Waals surface area contributed by atoms with Gasteiger partial charge in [0.2, 0.25) is 0 Å². The van der Waals surface area contributed by atoms with Gasteiger partial charge < -0.3 is 29.6 Å². The van der Waals surface area contributed by atoms with Crippen molar-refractivity contribution in [1.82, 2.24) is 19.1 Å². The summed E-state index contributed by atoms with van der Waals surface area (Å²) in [7, 11) is 3.37. The smallest absolute Gasteiger partial charge is 0.255 e. The van der Waals surface area contributed by atoms with Crippen molar-refractivity contribution in [2.45, 2.75) is 44.9 Å². The van der Waals surface area contributed by atoms with Gasteiger partial charge in [-0.3, -0.25) is 4.79 Å². The molecule has 3 fully saturated rings. The van der Waals surface area contributed by atoms with E-state index >= 15 is 0 Å². The second-order valence-corrected chi connectivity index (χ2v) is 12.4. The number of amides is 1. The Bertz CT molecular complexity index is 1640. The number of anilines is 1. The van der Waals surface area contributed by atoms with E-state index in [4.69, 9.17) is 20.3 Å². The largest absolute Gasteiger partial charge is 0.494 e. The van der Waals surface area contributed by atoms with Crippen LogP contribution < -0.4 is 15.4 Å². The Hall–Kier alpha value is -3.63. The number of rotatable bonds is 8. The van der Waals surface area contributed by atoms with Gasteiger partial charge in [0.05, 0.1) is 37.0 Å². The van der Waals surface area contributed by atoms with Crippen LogP contribution in [0, 0.1) is 18.8 Å². The van der Waals surface area contributed by atoms with Crippen molar-refractivity contribution in [3.05, 3.63) is 47.7 Å². The van der Waals surface area contributed by atoms with Crippen LogP contribution >= 0.6 is 0 Å². The van der Waals surface area contributed by atoms with Crippen LogP contribution in [0.25, 0.3) is 27.8 Å². The first-order chi connectivity index (χ1) is 20.3. The molecular formula is C32H39FN6O3. The van der Waals surface area contributed by atoms with Gasteiger partial charge in [-0.25, -0.2) is 8.91 Å². The van der Waals surface area contributed by atoms with Crippen LogP contribution in [0.1, 0.15) is 35.2 Å². The Balaban J connectivity index is 1.28. The number of fused-ring (bicyclic) bond motifs is 2. The molecule has 2 saturated heterocycles. The van der Waals surface area contributed by atoms with E-state index < -0.39 is 6.17 Å². The van der Waals surface area contributed by atoms with Crippen LogP contribution in [0.15, 0.2) is 36.5 Å². The number of methoxy groups -OCH3 is 2. The minimum atomic E-state index is -1.12. The number of aryl methyl sites for hydroxylation is 1. The van der Waals surface area contributed by atoms with Gasteiger partial charge in [0, 0.05) is 68.1 Å². The first kappa shape index (κ1) is 27.2. The van der Waals surface area contributed by atoms with Gasteiger partial charge in [0.25, 0.3) is 5.91 Å². The molecule has 1 amide bonds. The third-order valence-electron chi connectivity index (χ3n) is 9.11. The third kappa shape index (κ3) is 4.80. The lowest BCUT2D eigenvalue weighted by molar-refractivity contribution is 0.0606. The number of pyridine rings is 1. The Labute approximate surface area is 244 Å². The summed E-state index contributed by atoms with van der Waals surface area (Å²) in [6.45, 7) is 6.20. The van der Waals surface area contributed by atoms with Crippen molar-refractivity contribution >= 4 is 28.0 Å². The van der Waals surface area contributed by atoms with Crippen LogP contribution in [0.5, 0.6) is 5.75 Å². The highest BCUT2D eigenvalue weighted by Gasteiger charge is 2.31. The third-order valence-corrected chi connectivity index (χ3v) is 9.11. The molecule has 2 atom stereocenters. The molecule has 0 unspecified atom stereocenters. The number of hydrogen-bond acceptors (Lipinski definition) is 6. The Kier molecular flexibility index (Phi) is 6.85. The summed E-state index contributed by atoms with van der Waals surface area (Å²) in [6, 6.07) is 10.3. The van der Waals surface area contributed by atoms with E-state index in [0.717, 1.165) is 48.7 Å². The molecule has 0 radical (unpaired) electrons. The molecule has 7 rings (SSSR count). The van der Waals surface area contributed by atoms with Gasteiger partial charge in [0.1, 0.15) is 23.1 Å². The number of likely N-dealkylation sites (tertiary alicyclic amines) is 1. The summed E-state index contributed by atoms with van der Waals surface area (Å²) >= 11 is 0. The van der Waals surface area contributed by atoms with E-state index in [-0.39, 0.29) is 24.9 Å². The van der Waals surface area contributed by atoms with Gasteiger partial charge in [-0.15, -0.1) is 0 Å². The number of piperidine rings is 1. The van der Waals surface area contributed by atoms with Gasteiger partial charge in [-0.05, 0) is 56.4 Å². The quantitative estimate of drug-likeness (QED) is 0.338. The van der Waals surface area contributed by atoms with Gasteiger partial charge >= 0.3 is 0 Å². The molecule has 1 aromatic carbocycles. The second kappa shape index (κ2) is 10.6. The average molecular weight is 575 g/mol. The first-order valence-electron chi connectivity index (χ1n) is 15.0. The molecule has 10 heteroatoms. The predicted molar refractivity (Wildman–Crippen MR) is 161 cm³/mol. The van der Waals surface area contributed by atoms with E-state index in [1.165, 1.54) is 34.3 Å². The molecule has 2 N–H and O–H groups in total. The van der Waals surface area contributed by atoms with E-state index in [2.05, 4.69) is 40.7 Å². The van der Waals surface area contributed by atoms with Gasteiger partial charge in [-0.2, -0.15) is 5.10 Å². The van der Waals surface area contributed by atoms with Crippen molar-refractivity contribution in [3.63, 3.8) is 0 Å². The summed E-state index contributed by atoms with van der Waals surface area (Å²) in [4.78, 5) is 17.3. The average Bonchev–Trinajstić information content (AvgIpc) is 3.62. The molecule has 42 heavy (non-hydrogen) atoms. The van der Waals surface area contributed by atoms with Crippen molar-refractivity contribution in [3.8, 4) is 17.1 Å². The van der Waals surface area contributed by atoms with E-state index in [0.29, 0.717) is 29.7 Å². The fraction of sp³-hybridized carbons (Fsp3) is 0.500. The van der Waals surface area contributed by atoms with Crippen LogP contribution in [-0.2, 0) is 11.3 Å². The highest BCUT2D eigenvalue weighted by atomic mass is 19.1. The first-order valence-corrected chi connectivity index (χ1v) is 15.0. The minimum Gasteiger partial charge on any atom is -0.494 e. The van der Waals surface area contributed by atoms with Crippen molar-refractivity contribution in [2.75, 3.05) is 51.9 Å². The fourth-order valence-corrected chi connectivity index (χ4v) is 6.74. The zero-order valence-corrected chi connectivity index (χ0v) is 24.6. The number of carbonyl (C=O) groups excluding carboxylic acids is 1. The monoisotopic (exact) mass is 574 g/mol. The van der Waals surface area contributed by atoms with Crippen molar-refractivity contribution < 1.29 is 18.7 Å². The molecule has 9 nitrogen and oxygen atoms in total. The highest BCUT2D eigenvalue weighted by Crippen LogP contribution is 2.40. The van der Waals surface area contributed by atoms with Crippen LogP contribution in [-0.4, -0.2) is 84.2 Å². The Morgan fingerprint density at radius 2 is 1.90 bits per heavy atom. The summed E-state index contributed by atoms with van der Waals surface area (Å²) in [6.07, 6.45) is 3.37. The summed E-state index contributed by atoms with van der Waals surface area (Å²) in [5, 5.41) is 6.22. The molecule has 0 spiro atoms. The number of hydrogen-bond donors (Lipinski definition) is 1. The fourth-order valence-electron chi connectivity index (χ4n) is 6.74. The Morgan fingerprint density at radius 3 is 2.62 bits per heavy atom. The number of benzene rings is 1. The summed E-state index contributed by atoms with van der Waals surface area (Å²) in [5.41, 5.74) is 12.6. The molecule has 4 aromatic rings. The number of nitrogens with two attached hydrogens (primary N) is 1. The standard InChI is InChI=1S/C32H39FN6O3/c1-19-30(35-39-15-23(9-29(42-3)31(19)39)32(40)37-16-24(33)10-25(34)17-37)28-8-22-6-7-26(36-12-21(13-36)18-41-2)11-27(22)38(28)14-20-4-5-20/h6-9,11,15,20-21,24-25H,4-5,10,12-14,16-18,34H2,1-3H3/t24-,25-/m1/s1. The number of ether oxygens (including phenoxy) is 2. The maximum Gasteiger partial charge on any atom is 0.255 e. The molecule has 5 heterocycles. The normalized spacial score (nSPS) is 21.4. The van der Waals surface area contributed by atoms with Crippen LogP contribution in [0.2, 0.25) is 0 Å². The van der Waals surface area contributed by atoms with Gasteiger partial charge in [0.15, 0.2) is 0 Å². The van der Waals surface area contributed by atoms with Crippen LogP contribution in [0.3, 0.4) is 0 Å². The molecule has 222 valence electrons. The van der Waals surface area contributed by atoms with Gasteiger partial charge in [-0.1, -0.05) is 6.07 Å². The topological polar surface area (TPSA) is 90.3 Å². The second-order valence-electron chi connectivity index (χ2n) is 12.4. The maximum atomic E-state index is 14.2. The van der Waals surface area contributed by atoms with Crippen molar-refractivity contribution in [2.24, 2.45) is 17.6 Å². The number of carbonyl (C=O) groups is 1. The predicted octanol–water partition coefficient (Wildman–Crippen LogP) is 4.28. The van der Waals surface area contributed by atoms with Crippen LogP contribution in [0.4, 0.5) is 10.1 Å². The summed E-state index contributed by atoms with van der Waals surface area (Å²) in [5.74, 6) is 1.55. The molecule has 3 aromatic heterocycles. The molecule has 0 bridgehead atoms. The molecular weight excluding hydrogens is 535 g/mol. The zero-order valence-electron chi connectivity index (χ0n) is 24.6. The molecule has 1 aliphatic carbocycles. The van der Waals surface area contributed by atoms with E-state index in [9.17, 15) is 9.18 Å². The number of alkyl halides is 1. The summed E-state index contributed by atoms with van der Waals surface area (Å²) < 4.78 is 29.5. The van der Waals surface area contributed by atoms with E-state index in [1.54, 1.807) is 31.0 Å². The van der Waals surface area contributed by atoms with Crippen molar-refractivity contribution in [1.29, 1.82) is 0 Å². The lowest BCUT2D eigenvalue weighted by Crippen LogP contribution is -2.50. The van der Waals surface area contributed by atoms with E-state index in [1.807, 2.05) is 0 Å². The number of aromatic nitrogens is 3. The lowest BCUT2D eigenvalue weighted by atomic mass is 10.00. The number of halogens is 1. The highest BCUT2D eigenvalue weighted by molar-refractivity contribution is 5.96. The zero-order chi connectivity index (χ0) is 29.1. The molecule has 3 aliphatic rings. The lowest BCUT2D eigenvalue weighted by Gasteiger charge is -2.40.